The molecule has 0 radical (unpaired) electrons. The van der Waals surface area contributed by atoms with Gasteiger partial charge in [0.25, 0.3) is 5.91 Å². The molecule has 0 saturated carbocycles. The summed E-state index contributed by atoms with van der Waals surface area (Å²) in [6.45, 7) is 0. The lowest BCUT2D eigenvalue weighted by Crippen LogP contribution is -2.22. The number of thiazole rings is 1. The lowest BCUT2D eigenvalue weighted by atomic mass is 10.1. The van der Waals surface area contributed by atoms with E-state index < -0.39 is 0 Å². The molecule has 18 heavy (non-hydrogen) atoms. The molecule has 6 heteroatoms. The number of benzene rings is 1. The maximum absolute atomic E-state index is 12.0. The Morgan fingerprint density at radius 1 is 1.39 bits per heavy atom. The lowest BCUT2D eigenvalue weighted by molar-refractivity contribution is -0.112. The summed E-state index contributed by atoms with van der Waals surface area (Å²) in [7, 11) is 1.67. The molecule has 1 aromatic heterocycles. The molecule has 2 heterocycles. The van der Waals surface area contributed by atoms with Gasteiger partial charge in [-0.1, -0.05) is 18.2 Å². The minimum Gasteiger partial charge on any atom is -0.493 e. The number of nitrogens with zero attached hydrogens (tertiary/aromatic N) is 2. The molecular weight excluding hydrogens is 268 g/mol. The molecule has 0 unspecified atom stereocenters. The molecular formula is C12H8N2O2S2. The van der Waals surface area contributed by atoms with E-state index in [1.807, 2.05) is 18.2 Å². The SMILES string of the molecule is Cn1c(O)c(C2=c3ccccc3=NC2=O)sc1=S. The summed E-state index contributed by atoms with van der Waals surface area (Å²) in [5.41, 5.74) is 0.430. The first-order valence-electron chi connectivity index (χ1n) is 5.21. The number of rotatable bonds is 1. The minimum atomic E-state index is -0.330. The van der Waals surface area contributed by atoms with Crippen LogP contribution < -0.4 is 10.6 Å². The maximum atomic E-state index is 12.0. The fourth-order valence-electron chi connectivity index (χ4n) is 1.89. The van der Waals surface area contributed by atoms with Crippen LogP contribution in [0.15, 0.2) is 29.3 Å². The lowest BCUT2D eigenvalue weighted by Gasteiger charge is -1.98. The summed E-state index contributed by atoms with van der Waals surface area (Å²) in [5, 5.41) is 11.4. The van der Waals surface area contributed by atoms with E-state index in [4.69, 9.17) is 12.2 Å². The molecule has 0 fully saturated rings. The van der Waals surface area contributed by atoms with Gasteiger partial charge in [-0.15, -0.1) is 11.3 Å². The number of hydrogen-bond donors (Lipinski definition) is 1. The van der Waals surface area contributed by atoms with Gasteiger partial charge in [0.1, 0.15) is 4.88 Å². The second-order valence-electron chi connectivity index (χ2n) is 3.89. The minimum absolute atomic E-state index is 0.0141. The number of carbonyl (C=O) groups is 1. The van der Waals surface area contributed by atoms with Crippen LogP contribution in [0, 0.1) is 3.95 Å². The average Bonchev–Trinajstić information content (AvgIpc) is 2.80. The van der Waals surface area contributed by atoms with Crippen LogP contribution in [0.1, 0.15) is 4.88 Å². The summed E-state index contributed by atoms with van der Waals surface area (Å²) >= 11 is 6.32. The third kappa shape index (κ3) is 1.46. The third-order valence-electron chi connectivity index (χ3n) is 2.82. The van der Waals surface area contributed by atoms with Crippen LogP contribution in [0.4, 0.5) is 0 Å². The van der Waals surface area contributed by atoms with Crippen LogP contribution >= 0.6 is 23.6 Å². The highest BCUT2D eigenvalue weighted by Crippen LogP contribution is 2.31. The molecule has 3 rings (SSSR count). The quantitative estimate of drug-likeness (QED) is 0.787. The van der Waals surface area contributed by atoms with Gasteiger partial charge in [-0.05, 0) is 18.3 Å². The van der Waals surface area contributed by atoms with Gasteiger partial charge in [0.2, 0.25) is 5.88 Å². The molecule has 0 aliphatic carbocycles. The van der Waals surface area contributed by atoms with Crippen LogP contribution in [0.3, 0.4) is 0 Å². The van der Waals surface area contributed by atoms with Gasteiger partial charge in [-0.3, -0.25) is 9.36 Å². The van der Waals surface area contributed by atoms with Crippen LogP contribution in [-0.2, 0) is 11.8 Å². The van der Waals surface area contributed by atoms with Crippen LogP contribution in [0.2, 0.25) is 0 Å². The molecule has 0 bridgehead atoms. The molecule has 1 aliphatic heterocycles. The van der Waals surface area contributed by atoms with E-state index in [1.54, 1.807) is 13.1 Å². The normalized spacial score (nSPS) is 13.6. The smallest absolute Gasteiger partial charge is 0.279 e. The third-order valence-corrected chi connectivity index (χ3v) is 4.38. The summed E-state index contributed by atoms with van der Waals surface area (Å²) in [5.74, 6) is -0.316. The van der Waals surface area contributed by atoms with Gasteiger partial charge >= 0.3 is 0 Å². The predicted octanol–water partition coefficient (Wildman–Crippen LogP) is 0.880. The Labute approximate surface area is 111 Å². The molecule has 1 N–H and O–H groups in total. The first-order chi connectivity index (χ1) is 8.59. The van der Waals surface area contributed by atoms with E-state index in [1.165, 1.54) is 15.9 Å². The second kappa shape index (κ2) is 3.86. The molecule has 90 valence electrons. The van der Waals surface area contributed by atoms with Crippen molar-refractivity contribution in [2.45, 2.75) is 0 Å². The number of para-hydroxylation sites is 1. The Morgan fingerprint density at radius 2 is 2.11 bits per heavy atom. The van der Waals surface area contributed by atoms with E-state index in [0.29, 0.717) is 19.8 Å². The van der Waals surface area contributed by atoms with Crippen molar-refractivity contribution >= 4 is 35.0 Å². The van der Waals surface area contributed by atoms with Crippen molar-refractivity contribution in [3.05, 3.63) is 43.7 Å². The molecule has 0 spiro atoms. The van der Waals surface area contributed by atoms with Crippen molar-refractivity contribution in [3.63, 3.8) is 0 Å². The van der Waals surface area contributed by atoms with Crippen molar-refractivity contribution in [1.29, 1.82) is 0 Å². The largest absolute Gasteiger partial charge is 0.493 e. The predicted molar refractivity (Wildman–Crippen MR) is 70.5 cm³/mol. The van der Waals surface area contributed by atoms with Crippen molar-refractivity contribution < 1.29 is 9.90 Å². The Morgan fingerprint density at radius 3 is 2.78 bits per heavy atom. The highest BCUT2D eigenvalue weighted by molar-refractivity contribution is 7.73. The van der Waals surface area contributed by atoms with Gasteiger partial charge in [0.05, 0.1) is 10.9 Å². The number of hydrogen-bond acceptors (Lipinski definition) is 4. The van der Waals surface area contributed by atoms with E-state index in [0.717, 1.165) is 5.22 Å². The zero-order valence-corrected chi connectivity index (χ0v) is 11.0. The summed E-state index contributed by atoms with van der Waals surface area (Å²) < 4.78 is 2.00. The Balaban J connectivity index is 2.44. The first-order valence-corrected chi connectivity index (χ1v) is 6.43. The molecule has 2 aromatic rings. The molecule has 0 atom stereocenters. The maximum Gasteiger partial charge on any atom is 0.279 e. The van der Waals surface area contributed by atoms with Gasteiger partial charge in [-0.2, -0.15) is 0 Å². The van der Waals surface area contributed by atoms with E-state index in [2.05, 4.69) is 4.99 Å². The number of fused-ring (bicyclic) bond motifs is 1. The molecule has 1 aromatic carbocycles. The Hall–Kier alpha value is -1.79. The van der Waals surface area contributed by atoms with Crippen molar-refractivity contribution in [2.24, 2.45) is 12.0 Å². The van der Waals surface area contributed by atoms with Crippen LogP contribution in [-0.4, -0.2) is 15.6 Å². The van der Waals surface area contributed by atoms with Gasteiger partial charge in [-0.25, -0.2) is 4.99 Å². The number of amides is 1. The molecule has 4 nitrogen and oxygen atoms in total. The summed E-state index contributed by atoms with van der Waals surface area (Å²) in [4.78, 5) is 16.4. The fourth-order valence-corrected chi connectivity index (χ4v) is 3.15. The molecule has 1 amide bonds. The monoisotopic (exact) mass is 276 g/mol. The van der Waals surface area contributed by atoms with Crippen LogP contribution in [0.25, 0.3) is 5.57 Å². The molecule has 0 saturated heterocycles. The second-order valence-corrected chi connectivity index (χ2v) is 5.53. The highest BCUT2D eigenvalue weighted by atomic mass is 32.1. The van der Waals surface area contributed by atoms with Gasteiger partial charge < -0.3 is 5.11 Å². The van der Waals surface area contributed by atoms with E-state index >= 15 is 0 Å². The summed E-state index contributed by atoms with van der Waals surface area (Å²) in [6, 6.07) is 7.26. The van der Waals surface area contributed by atoms with E-state index in [-0.39, 0.29) is 11.8 Å². The standard InChI is InChI=1S/C12H8N2O2S2/c1-14-11(16)9(18-12(14)17)8-6-4-2-3-5-7(6)13-10(8)15/h2-5,16H,1H3. The number of aromatic hydroxyl groups is 1. The summed E-state index contributed by atoms with van der Waals surface area (Å²) in [6.07, 6.45) is 0. The first kappa shape index (κ1) is 11.3. The number of carbonyl (C=O) groups excluding carboxylic acids is 1. The van der Waals surface area contributed by atoms with Crippen molar-refractivity contribution in [2.75, 3.05) is 0 Å². The topological polar surface area (TPSA) is 54.6 Å². The van der Waals surface area contributed by atoms with E-state index in [9.17, 15) is 9.90 Å². The molecule has 1 aliphatic rings. The van der Waals surface area contributed by atoms with Gasteiger partial charge in [0.15, 0.2) is 3.95 Å². The van der Waals surface area contributed by atoms with Crippen molar-refractivity contribution in [3.8, 4) is 5.88 Å². The highest BCUT2D eigenvalue weighted by Gasteiger charge is 2.23. The van der Waals surface area contributed by atoms with Gasteiger partial charge in [0, 0.05) is 12.3 Å². The zero-order valence-electron chi connectivity index (χ0n) is 9.38. The zero-order chi connectivity index (χ0) is 12.9. The van der Waals surface area contributed by atoms with Crippen LogP contribution in [0.5, 0.6) is 5.88 Å². The Bertz CT molecular complexity index is 846. The Kier molecular flexibility index (Phi) is 2.42. The van der Waals surface area contributed by atoms with Crippen molar-refractivity contribution in [1.82, 2.24) is 4.57 Å². The average molecular weight is 276 g/mol. The fraction of sp³-hybridized carbons (Fsp3) is 0.0833. The number of aromatic nitrogens is 1.